The van der Waals surface area contributed by atoms with Gasteiger partial charge in [-0.1, -0.05) is 0 Å². The Morgan fingerprint density at radius 1 is 1.03 bits per heavy atom. The van der Waals surface area contributed by atoms with Crippen molar-refractivity contribution in [2.45, 2.75) is 19.1 Å². The number of hydrogen-bond acceptors (Lipinski definition) is 3. The van der Waals surface area contributed by atoms with Crippen LogP contribution in [0.15, 0.2) is 35.1 Å². The summed E-state index contributed by atoms with van der Waals surface area (Å²) in [7, 11) is 1.42. The second kappa shape index (κ2) is 7.94. The number of aromatic amines is 2. The normalized spacial score (nSPS) is 15.8. The van der Waals surface area contributed by atoms with E-state index in [0.717, 1.165) is 18.2 Å². The number of halogens is 5. The molecule has 0 saturated heterocycles. The number of rotatable bonds is 3. The van der Waals surface area contributed by atoms with Crippen LogP contribution in [0.1, 0.15) is 39.8 Å². The van der Waals surface area contributed by atoms with E-state index in [-0.39, 0.29) is 40.6 Å². The predicted octanol–water partition coefficient (Wildman–Crippen LogP) is 4.71. The van der Waals surface area contributed by atoms with E-state index < -0.39 is 46.9 Å². The predicted molar refractivity (Wildman–Crippen MR) is 112 cm³/mol. The summed E-state index contributed by atoms with van der Waals surface area (Å²) in [5, 5.41) is 0.0399. The largest absolute Gasteiger partial charge is 0.373 e. The van der Waals surface area contributed by atoms with E-state index in [1.807, 2.05) is 0 Å². The summed E-state index contributed by atoms with van der Waals surface area (Å²) in [6.07, 6.45) is -2.95. The van der Waals surface area contributed by atoms with Crippen LogP contribution in [0.5, 0.6) is 0 Å². The third kappa shape index (κ3) is 3.43. The van der Waals surface area contributed by atoms with Crippen molar-refractivity contribution in [3.8, 4) is 0 Å². The van der Waals surface area contributed by atoms with E-state index in [1.54, 1.807) is 0 Å². The summed E-state index contributed by atoms with van der Waals surface area (Å²) in [6, 6.07) is 3.79. The molecule has 0 bridgehead atoms. The standard InChI is InChI=1S/C23H16F5N3O3/c1-31(23(33)17-6-10-12(21(27)28)2-9(24)3-16(10)29-17)19-8-34-7-18-20(19)11-4-14(25)15(26)5-13(11)22(32)30-18/h2-6,19,21,29H,7-8H2,1H3,(H,30,32)/t19-/m0/s1. The van der Waals surface area contributed by atoms with Gasteiger partial charge in [0.25, 0.3) is 17.9 Å². The number of benzene rings is 2. The SMILES string of the molecule is CN(C(=O)c1cc2c(C(F)F)cc(F)cc2[nH]1)[C@H]1COCc2[nH]c(=O)c3cc(F)c(F)cc3c21. The molecule has 3 heterocycles. The van der Waals surface area contributed by atoms with Crippen molar-refractivity contribution < 1.29 is 31.5 Å². The Kier molecular flexibility index (Phi) is 5.16. The fourth-order valence-corrected chi connectivity index (χ4v) is 4.40. The van der Waals surface area contributed by atoms with Gasteiger partial charge in [-0.2, -0.15) is 0 Å². The quantitative estimate of drug-likeness (QED) is 0.420. The third-order valence-electron chi connectivity index (χ3n) is 6.03. The molecule has 1 amide bonds. The van der Waals surface area contributed by atoms with Gasteiger partial charge in [-0.25, -0.2) is 22.0 Å². The maximum atomic E-state index is 14.1. The molecule has 1 aliphatic rings. The molecular formula is C23H16F5N3O3. The summed E-state index contributed by atoms with van der Waals surface area (Å²) in [5.74, 6) is -3.86. The van der Waals surface area contributed by atoms with E-state index in [1.165, 1.54) is 18.0 Å². The van der Waals surface area contributed by atoms with Crippen LogP contribution >= 0.6 is 0 Å². The Morgan fingerprint density at radius 2 is 1.74 bits per heavy atom. The third-order valence-corrected chi connectivity index (χ3v) is 6.03. The number of H-pyrrole nitrogens is 2. The molecule has 2 aromatic heterocycles. The molecule has 176 valence electrons. The zero-order valence-corrected chi connectivity index (χ0v) is 17.5. The number of alkyl halides is 2. The highest BCUT2D eigenvalue weighted by Crippen LogP contribution is 2.35. The average molecular weight is 477 g/mol. The molecule has 1 aliphatic heterocycles. The Bertz CT molecular complexity index is 1530. The highest BCUT2D eigenvalue weighted by molar-refractivity contribution is 5.99. The summed E-state index contributed by atoms with van der Waals surface area (Å²) in [6.45, 7) is -0.0338. The summed E-state index contributed by atoms with van der Waals surface area (Å²) >= 11 is 0. The lowest BCUT2D eigenvalue weighted by atomic mass is 9.95. The van der Waals surface area contributed by atoms with Crippen LogP contribution in [0, 0.1) is 17.5 Å². The molecule has 11 heteroatoms. The van der Waals surface area contributed by atoms with Crippen LogP contribution < -0.4 is 5.56 Å². The van der Waals surface area contributed by atoms with Gasteiger partial charge in [0.2, 0.25) is 0 Å². The Morgan fingerprint density at radius 3 is 2.44 bits per heavy atom. The Balaban J connectivity index is 1.61. The first-order valence-corrected chi connectivity index (χ1v) is 10.1. The van der Waals surface area contributed by atoms with E-state index in [4.69, 9.17) is 4.74 Å². The van der Waals surface area contributed by atoms with Crippen molar-refractivity contribution in [3.63, 3.8) is 0 Å². The first-order valence-electron chi connectivity index (χ1n) is 10.1. The van der Waals surface area contributed by atoms with Crippen LogP contribution in [-0.4, -0.2) is 34.4 Å². The molecule has 0 aliphatic carbocycles. The van der Waals surface area contributed by atoms with Crippen LogP contribution in [0.25, 0.3) is 21.7 Å². The van der Waals surface area contributed by atoms with Gasteiger partial charge < -0.3 is 19.6 Å². The monoisotopic (exact) mass is 477 g/mol. The van der Waals surface area contributed by atoms with E-state index in [9.17, 15) is 31.5 Å². The molecule has 34 heavy (non-hydrogen) atoms. The number of nitrogens with one attached hydrogen (secondary N) is 2. The van der Waals surface area contributed by atoms with Crippen molar-refractivity contribution in [2.24, 2.45) is 0 Å². The van der Waals surface area contributed by atoms with Crippen LogP contribution in [-0.2, 0) is 11.3 Å². The Labute approximate surface area is 187 Å². The number of aromatic nitrogens is 2. The second-order valence-electron chi connectivity index (χ2n) is 8.05. The average Bonchev–Trinajstić information content (AvgIpc) is 3.22. The first kappa shape index (κ1) is 22.1. The van der Waals surface area contributed by atoms with Gasteiger partial charge in [0.05, 0.1) is 24.6 Å². The Hall–Kier alpha value is -3.73. The van der Waals surface area contributed by atoms with Crippen LogP contribution in [0.4, 0.5) is 22.0 Å². The van der Waals surface area contributed by atoms with Crippen molar-refractivity contribution >= 4 is 27.6 Å². The minimum atomic E-state index is -2.95. The zero-order chi connectivity index (χ0) is 24.3. The number of amides is 1. The lowest BCUT2D eigenvalue weighted by Gasteiger charge is -2.33. The lowest BCUT2D eigenvalue weighted by molar-refractivity contribution is 0.0333. The fourth-order valence-electron chi connectivity index (χ4n) is 4.40. The topological polar surface area (TPSA) is 78.2 Å². The summed E-state index contributed by atoms with van der Waals surface area (Å²) < 4.78 is 73.9. The molecule has 6 nitrogen and oxygen atoms in total. The second-order valence-corrected chi connectivity index (χ2v) is 8.05. The minimum absolute atomic E-state index is 0.000713. The van der Waals surface area contributed by atoms with Gasteiger partial charge in [0.1, 0.15) is 11.5 Å². The number of nitrogens with zero attached hydrogens (tertiary/aromatic N) is 1. The first-order chi connectivity index (χ1) is 16.2. The van der Waals surface area contributed by atoms with E-state index in [2.05, 4.69) is 9.97 Å². The van der Waals surface area contributed by atoms with Gasteiger partial charge in [0.15, 0.2) is 11.6 Å². The number of carbonyl (C=O) groups excluding carboxylic acids is 1. The van der Waals surface area contributed by atoms with Gasteiger partial charge >= 0.3 is 0 Å². The molecular weight excluding hydrogens is 461 g/mol. The number of likely N-dealkylation sites (N-methyl/N-ethyl adjacent to an activating group) is 1. The lowest BCUT2D eigenvalue weighted by Crippen LogP contribution is -2.37. The highest BCUT2D eigenvalue weighted by Gasteiger charge is 2.32. The maximum absolute atomic E-state index is 14.1. The van der Waals surface area contributed by atoms with Gasteiger partial charge in [0, 0.05) is 34.8 Å². The van der Waals surface area contributed by atoms with Gasteiger partial charge in [-0.3, -0.25) is 9.59 Å². The molecule has 2 N–H and O–H groups in total. The summed E-state index contributed by atoms with van der Waals surface area (Å²) in [5.41, 5.74) is -0.560. The van der Waals surface area contributed by atoms with Crippen molar-refractivity contribution in [1.29, 1.82) is 0 Å². The zero-order valence-electron chi connectivity index (χ0n) is 17.5. The highest BCUT2D eigenvalue weighted by atomic mass is 19.3. The van der Waals surface area contributed by atoms with Crippen LogP contribution in [0.3, 0.4) is 0 Å². The van der Waals surface area contributed by atoms with E-state index >= 15 is 0 Å². The molecule has 0 unspecified atom stereocenters. The fraction of sp³-hybridized carbons (Fsp3) is 0.217. The molecule has 0 spiro atoms. The van der Waals surface area contributed by atoms with Gasteiger partial charge in [-0.05, 0) is 35.7 Å². The summed E-state index contributed by atoms with van der Waals surface area (Å²) in [4.78, 5) is 32.1. The number of carbonyl (C=O) groups is 1. The number of fused-ring (bicyclic) bond motifs is 4. The van der Waals surface area contributed by atoms with Crippen molar-refractivity contribution in [3.05, 3.63) is 80.7 Å². The molecule has 0 saturated carbocycles. The minimum Gasteiger partial charge on any atom is -0.373 e. The molecule has 0 fully saturated rings. The maximum Gasteiger partial charge on any atom is 0.270 e. The molecule has 4 aromatic rings. The van der Waals surface area contributed by atoms with E-state index in [0.29, 0.717) is 17.3 Å². The van der Waals surface area contributed by atoms with Crippen molar-refractivity contribution in [2.75, 3.05) is 13.7 Å². The molecule has 5 rings (SSSR count). The molecule has 0 radical (unpaired) electrons. The number of ether oxygens (including phenoxy) is 1. The van der Waals surface area contributed by atoms with Crippen molar-refractivity contribution in [1.82, 2.24) is 14.9 Å². The van der Waals surface area contributed by atoms with Gasteiger partial charge in [-0.15, -0.1) is 0 Å². The molecule has 2 aromatic carbocycles. The smallest absolute Gasteiger partial charge is 0.270 e. The number of hydrogen-bond donors (Lipinski definition) is 2. The van der Waals surface area contributed by atoms with Crippen LogP contribution in [0.2, 0.25) is 0 Å². The molecule has 1 atom stereocenters. The number of pyridine rings is 1.